The van der Waals surface area contributed by atoms with Crippen LogP contribution in [0.15, 0.2) is 0 Å². The second-order valence-corrected chi connectivity index (χ2v) is 3.52. The van der Waals surface area contributed by atoms with Crippen molar-refractivity contribution < 1.29 is 9.59 Å². The van der Waals surface area contributed by atoms with Crippen LogP contribution in [0.5, 0.6) is 0 Å². The van der Waals surface area contributed by atoms with Crippen LogP contribution in [0.2, 0.25) is 0 Å². The van der Waals surface area contributed by atoms with Crippen molar-refractivity contribution in [3.63, 3.8) is 0 Å². The fourth-order valence-corrected chi connectivity index (χ4v) is 1.46. The molecule has 0 saturated carbocycles. The summed E-state index contributed by atoms with van der Waals surface area (Å²) in [5.74, 6) is -0.0893. The van der Waals surface area contributed by atoms with E-state index in [0.717, 1.165) is 13.0 Å². The van der Waals surface area contributed by atoms with Crippen LogP contribution in [0.3, 0.4) is 0 Å². The van der Waals surface area contributed by atoms with Gasteiger partial charge in [-0.25, -0.2) is 4.79 Å². The lowest BCUT2D eigenvalue weighted by atomic mass is 10.3. The van der Waals surface area contributed by atoms with Crippen molar-refractivity contribution in [1.29, 1.82) is 0 Å². The number of carbonyl (C=O) groups is 2. The van der Waals surface area contributed by atoms with Crippen molar-refractivity contribution in [2.45, 2.75) is 19.4 Å². The normalized spacial score (nSPS) is 22.4. The molecule has 0 aromatic rings. The minimum absolute atomic E-state index is 0.0893. The molecule has 1 aliphatic heterocycles. The minimum atomic E-state index is -0.308. The number of amides is 3. The van der Waals surface area contributed by atoms with Gasteiger partial charge in [0.1, 0.15) is 6.04 Å². The molecule has 5 heteroatoms. The van der Waals surface area contributed by atoms with Crippen molar-refractivity contribution >= 4 is 11.9 Å². The van der Waals surface area contributed by atoms with Crippen LogP contribution in [-0.2, 0) is 4.79 Å². The van der Waals surface area contributed by atoms with Crippen molar-refractivity contribution in [3.8, 4) is 0 Å². The van der Waals surface area contributed by atoms with Crippen molar-refractivity contribution in [2.75, 3.05) is 27.2 Å². The number of hydrogen-bond donors (Lipinski definition) is 1. The lowest BCUT2D eigenvalue weighted by Crippen LogP contribution is -2.33. The average molecular weight is 199 g/mol. The molecule has 1 atom stereocenters. The SMILES string of the molecule is CNCCCN1C(=O)C(C)N(C)C1=O. The third-order valence-corrected chi connectivity index (χ3v) is 2.55. The van der Waals surface area contributed by atoms with Gasteiger partial charge in [0.2, 0.25) is 0 Å². The second-order valence-electron chi connectivity index (χ2n) is 3.52. The molecule has 14 heavy (non-hydrogen) atoms. The topological polar surface area (TPSA) is 52.7 Å². The molecule has 0 bridgehead atoms. The Balaban J connectivity index is 2.52. The largest absolute Gasteiger partial charge is 0.327 e. The van der Waals surface area contributed by atoms with Crippen LogP contribution in [-0.4, -0.2) is 55.0 Å². The second kappa shape index (κ2) is 4.41. The Hall–Kier alpha value is -1.10. The number of likely N-dealkylation sites (N-methyl/N-ethyl adjacent to an activating group) is 1. The third kappa shape index (κ3) is 1.87. The van der Waals surface area contributed by atoms with Crippen molar-refractivity contribution in [3.05, 3.63) is 0 Å². The minimum Gasteiger partial charge on any atom is -0.320 e. The number of nitrogens with one attached hydrogen (secondary N) is 1. The van der Waals surface area contributed by atoms with E-state index < -0.39 is 0 Å². The van der Waals surface area contributed by atoms with E-state index >= 15 is 0 Å². The molecule has 0 radical (unpaired) electrons. The Morgan fingerprint density at radius 2 is 2.07 bits per heavy atom. The summed E-state index contributed by atoms with van der Waals surface area (Å²) in [5, 5.41) is 2.98. The Kier molecular flexibility index (Phi) is 3.46. The molecule has 0 aromatic carbocycles. The summed E-state index contributed by atoms with van der Waals surface area (Å²) in [7, 11) is 3.51. The predicted molar refractivity (Wildman–Crippen MR) is 52.9 cm³/mol. The number of urea groups is 1. The van der Waals surface area contributed by atoms with Crippen LogP contribution in [0, 0.1) is 0 Å². The molecule has 5 nitrogen and oxygen atoms in total. The first-order valence-corrected chi connectivity index (χ1v) is 4.82. The summed E-state index contributed by atoms with van der Waals surface area (Å²) >= 11 is 0. The molecule has 80 valence electrons. The number of carbonyl (C=O) groups excluding carboxylic acids is 2. The van der Waals surface area contributed by atoms with Crippen LogP contribution in [0.4, 0.5) is 4.79 Å². The van der Waals surface area contributed by atoms with Gasteiger partial charge in [0.25, 0.3) is 5.91 Å². The molecule has 1 unspecified atom stereocenters. The molecule has 1 rings (SSSR count). The first-order chi connectivity index (χ1) is 6.59. The van der Waals surface area contributed by atoms with E-state index in [0.29, 0.717) is 6.54 Å². The molecule has 1 saturated heterocycles. The van der Waals surface area contributed by atoms with Gasteiger partial charge in [-0.2, -0.15) is 0 Å². The van der Waals surface area contributed by atoms with E-state index in [9.17, 15) is 9.59 Å². The highest BCUT2D eigenvalue weighted by atomic mass is 16.2. The zero-order valence-electron chi connectivity index (χ0n) is 8.91. The summed E-state index contributed by atoms with van der Waals surface area (Å²) in [6, 6.07) is -0.490. The van der Waals surface area contributed by atoms with Crippen LogP contribution in [0.1, 0.15) is 13.3 Å². The van der Waals surface area contributed by atoms with Gasteiger partial charge in [-0.3, -0.25) is 9.69 Å². The van der Waals surface area contributed by atoms with Gasteiger partial charge in [-0.05, 0) is 26.9 Å². The van der Waals surface area contributed by atoms with Gasteiger partial charge >= 0.3 is 6.03 Å². The Morgan fingerprint density at radius 1 is 1.43 bits per heavy atom. The molecule has 1 heterocycles. The monoisotopic (exact) mass is 199 g/mol. The van der Waals surface area contributed by atoms with E-state index in [-0.39, 0.29) is 18.0 Å². The molecule has 0 spiro atoms. The van der Waals surface area contributed by atoms with Gasteiger partial charge in [0, 0.05) is 13.6 Å². The summed E-state index contributed by atoms with van der Waals surface area (Å²) in [4.78, 5) is 25.9. The maximum Gasteiger partial charge on any atom is 0.327 e. The highest BCUT2D eigenvalue weighted by Gasteiger charge is 2.39. The highest BCUT2D eigenvalue weighted by molar-refractivity contribution is 6.03. The average Bonchev–Trinajstić information content (AvgIpc) is 2.35. The molecule has 0 aliphatic carbocycles. The smallest absolute Gasteiger partial charge is 0.320 e. The zero-order chi connectivity index (χ0) is 10.7. The first kappa shape index (κ1) is 11.0. The molecule has 1 aliphatic rings. The fourth-order valence-electron chi connectivity index (χ4n) is 1.46. The predicted octanol–water partition coefficient (Wildman–Crippen LogP) is -0.122. The summed E-state index contributed by atoms with van der Waals surface area (Å²) in [6.07, 6.45) is 0.800. The summed E-state index contributed by atoms with van der Waals surface area (Å²) in [6.45, 7) is 3.07. The van der Waals surface area contributed by atoms with Gasteiger partial charge < -0.3 is 10.2 Å². The number of nitrogens with zero attached hydrogens (tertiary/aromatic N) is 2. The number of rotatable bonds is 4. The molecule has 3 amide bonds. The maximum atomic E-state index is 11.6. The Morgan fingerprint density at radius 3 is 2.50 bits per heavy atom. The van der Waals surface area contributed by atoms with Crippen LogP contribution < -0.4 is 5.32 Å². The third-order valence-electron chi connectivity index (χ3n) is 2.55. The molecule has 1 N–H and O–H groups in total. The Labute approximate surface area is 84.0 Å². The maximum absolute atomic E-state index is 11.6. The van der Waals surface area contributed by atoms with Gasteiger partial charge in [0.05, 0.1) is 0 Å². The van der Waals surface area contributed by atoms with E-state index in [2.05, 4.69) is 5.32 Å². The first-order valence-electron chi connectivity index (χ1n) is 4.82. The van der Waals surface area contributed by atoms with Gasteiger partial charge in [-0.1, -0.05) is 0 Å². The quantitative estimate of drug-likeness (QED) is 0.507. The van der Waals surface area contributed by atoms with Crippen LogP contribution >= 0.6 is 0 Å². The zero-order valence-corrected chi connectivity index (χ0v) is 8.91. The van der Waals surface area contributed by atoms with E-state index in [1.807, 2.05) is 7.05 Å². The lowest BCUT2D eigenvalue weighted by molar-refractivity contribution is -0.127. The number of hydrogen-bond acceptors (Lipinski definition) is 3. The van der Waals surface area contributed by atoms with E-state index in [1.165, 1.54) is 9.80 Å². The van der Waals surface area contributed by atoms with E-state index in [1.54, 1.807) is 14.0 Å². The van der Waals surface area contributed by atoms with Crippen molar-refractivity contribution in [2.24, 2.45) is 0 Å². The molecular formula is C9H17N3O2. The summed E-state index contributed by atoms with van der Waals surface area (Å²) in [5.41, 5.74) is 0. The van der Waals surface area contributed by atoms with Gasteiger partial charge in [0.15, 0.2) is 0 Å². The molecule has 0 aromatic heterocycles. The number of imide groups is 1. The molecular weight excluding hydrogens is 182 g/mol. The standard InChI is InChI=1S/C9H17N3O2/c1-7-8(13)12(6-4-5-10-2)9(14)11(7)3/h7,10H,4-6H2,1-3H3. The highest BCUT2D eigenvalue weighted by Crippen LogP contribution is 2.14. The summed E-state index contributed by atoms with van der Waals surface area (Å²) < 4.78 is 0. The Bertz CT molecular complexity index is 222. The van der Waals surface area contributed by atoms with Gasteiger partial charge in [-0.15, -0.1) is 0 Å². The van der Waals surface area contributed by atoms with Crippen LogP contribution in [0.25, 0.3) is 0 Å². The van der Waals surface area contributed by atoms with Crippen molar-refractivity contribution in [1.82, 2.24) is 15.1 Å². The van der Waals surface area contributed by atoms with E-state index in [4.69, 9.17) is 0 Å². The lowest BCUT2D eigenvalue weighted by Gasteiger charge is -2.13. The molecule has 1 fully saturated rings. The fraction of sp³-hybridized carbons (Fsp3) is 0.778.